The lowest BCUT2D eigenvalue weighted by atomic mass is 9.83. The van der Waals surface area contributed by atoms with Gasteiger partial charge < -0.3 is 14.8 Å². The number of carbonyl (C=O) groups is 1. The van der Waals surface area contributed by atoms with E-state index >= 15 is 0 Å². The molecule has 6 nitrogen and oxygen atoms in total. The topological polar surface area (TPSA) is 67.2 Å². The average molecular weight is 415 g/mol. The predicted octanol–water partition coefficient (Wildman–Crippen LogP) is 3.49. The summed E-state index contributed by atoms with van der Waals surface area (Å²) in [7, 11) is 0. The van der Waals surface area contributed by atoms with E-state index < -0.39 is 0 Å². The van der Waals surface area contributed by atoms with E-state index in [1.54, 1.807) is 13.1 Å². The number of hydrogen-bond acceptors (Lipinski definition) is 4. The summed E-state index contributed by atoms with van der Waals surface area (Å²) in [6.45, 7) is 4.35. The van der Waals surface area contributed by atoms with Gasteiger partial charge in [-0.15, -0.1) is 0 Å². The molecule has 158 valence electrons. The van der Waals surface area contributed by atoms with Crippen molar-refractivity contribution in [3.05, 3.63) is 82.4 Å². The lowest BCUT2D eigenvalue weighted by Gasteiger charge is -2.42. The van der Waals surface area contributed by atoms with Crippen LogP contribution >= 0.6 is 0 Å². The number of piperidine rings is 1. The zero-order valence-electron chi connectivity index (χ0n) is 17.6. The Balaban J connectivity index is 1.31. The third kappa shape index (κ3) is 3.85. The van der Waals surface area contributed by atoms with E-state index in [0.717, 1.165) is 35.5 Å². The van der Waals surface area contributed by atoms with Gasteiger partial charge >= 0.3 is 0 Å². The molecule has 1 fully saturated rings. The Morgan fingerprint density at radius 3 is 2.65 bits per heavy atom. The van der Waals surface area contributed by atoms with Crippen molar-refractivity contribution in [3.63, 3.8) is 0 Å². The minimum absolute atomic E-state index is 0.0357. The predicted molar refractivity (Wildman–Crippen MR) is 121 cm³/mol. The number of amides is 1. The summed E-state index contributed by atoms with van der Waals surface area (Å²) in [5, 5.41) is 3.32. The number of nitrogens with one attached hydrogen (secondary N) is 1. The number of anilines is 1. The van der Waals surface area contributed by atoms with Gasteiger partial charge in [-0.05, 0) is 42.2 Å². The van der Waals surface area contributed by atoms with Crippen LogP contribution in [-0.2, 0) is 17.9 Å². The minimum Gasteiger partial charge on any atom is -0.377 e. The smallest absolute Gasteiger partial charge is 0.274 e. The van der Waals surface area contributed by atoms with Crippen molar-refractivity contribution in [3.8, 4) is 11.3 Å². The molecule has 1 aromatic carbocycles. The number of aromatic nitrogens is 2. The monoisotopic (exact) mass is 414 g/mol. The van der Waals surface area contributed by atoms with Gasteiger partial charge in [0.2, 0.25) is 5.91 Å². The van der Waals surface area contributed by atoms with Gasteiger partial charge in [0.25, 0.3) is 5.56 Å². The van der Waals surface area contributed by atoms with E-state index in [1.807, 2.05) is 33.7 Å². The number of fused-ring (bicyclic) bond motifs is 4. The molecule has 3 aromatic rings. The lowest BCUT2D eigenvalue weighted by Crippen LogP contribution is -2.48. The molecule has 2 bridgehead atoms. The van der Waals surface area contributed by atoms with Crippen LogP contribution < -0.4 is 10.9 Å². The number of nitrogens with zero attached hydrogens (tertiary/aromatic N) is 3. The van der Waals surface area contributed by atoms with E-state index in [0.29, 0.717) is 31.2 Å². The van der Waals surface area contributed by atoms with Crippen LogP contribution in [-0.4, -0.2) is 33.4 Å². The molecule has 4 heterocycles. The Morgan fingerprint density at radius 1 is 1.06 bits per heavy atom. The fourth-order valence-electron chi connectivity index (χ4n) is 4.86. The third-order valence-electron chi connectivity index (χ3n) is 6.45. The van der Waals surface area contributed by atoms with Crippen LogP contribution in [0.2, 0.25) is 0 Å². The molecule has 0 radical (unpaired) electrons. The first-order valence-corrected chi connectivity index (χ1v) is 10.8. The summed E-state index contributed by atoms with van der Waals surface area (Å²) < 4.78 is 1.92. The van der Waals surface area contributed by atoms with Gasteiger partial charge in [0.1, 0.15) is 5.69 Å². The largest absolute Gasteiger partial charge is 0.377 e. The molecule has 6 heteroatoms. The standard InChI is InChI=1S/C25H26N4O2/c1-17(30)28-14-19-12-21(16-28)24-10-9-23(25(31)29(24)15-19)27-13-18-5-7-20(8-6-18)22-4-2-3-11-26-22/h2-11,19,21,27H,12-16H2,1H3. The Hall–Kier alpha value is -3.41. The summed E-state index contributed by atoms with van der Waals surface area (Å²) in [5.41, 5.74) is 4.84. The number of rotatable bonds is 4. The highest BCUT2D eigenvalue weighted by Gasteiger charge is 2.35. The molecule has 2 aromatic heterocycles. The zero-order chi connectivity index (χ0) is 21.4. The molecular formula is C25H26N4O2. The summed E-state index contributed by atoms with van der Waals surface area (Å²) in [4.78, 5) is 31.3. The fraction of sp³-hybridized carbons (Fsp3) is 0.320. The molecule has 0 aliphatic carbocycles. The van der Waals surface area contributed by atoms with Gasteiger partial charge in [-0.2, -0.15) is 0 Å². The first-order chi connectivity index (χ1) is 15.1. The van der Waals surface area contributed by atoms with Crippen molar-refractivity contribution in [1.82, 2.24) is 14.5 Å². The second-order valence-corrected chi connectivity index (χ2v) is 8.58. The number of hydrogen-bond donors (Lipinski definition) is 1. The highest BCUT2D eigenvalue weighted by Crippen LogP contribution is 2.35. The van der Waals surface area contributed by atoms with Gasteiger partial charge in [-0.25, -0.2) is 0 Å². The van der Waals surface area contributed by atoms with Gasteiger partial charge in [-0.3, -0.25) is 14.6 Å². The van der Waals surface area contributed by atoms with Crippen molar-refractivity contribution >= 4 is 11.6 Å². The molecule has 2 aliphatic rings. The van der Waals surface area contributed by atoms with Crippen molar-refractivity contribution in [2.24, 2.45) is 5.92 Å². The maximum atomic E-state index is 13.1. The fourth-order valence-corrected chi connectivity index (χ4v) is 4.86. The Labute approximate surface area is 181 Å². The maximum absolute atomic E-state index is 13.1. The third-order valence-corrected chi connectivity index (χ3v) is 6.45. The van der Waals surface area contributed by atoms with E-state index in [9.17, 15) is 9.59 Å². The van der Waals surface area contributed by atoms with Gasteiger partial charge in [0.05, 0.1) is 5.69 Å². The number of benzene rings is 1. The van der Waals surface area contributed by atoms with Crippen molar-refractivity contribution in [2.45, 2.75) is 32.4 Å². The van der Waals surface area contributed by atoms with Crippen LogP contribution in [0.25, 0.3) is 11.3 Å². The molecule has 2 atom stereocenters. The SMILES string of the molecule is CC(=O)N1CC2CC(C1)c1ccc(NCc3ccc(-c4ccccn4)cc3)c(=O)n1C2. The molecule has 1 N–H and O–H groups in total. The van der Waals surface area contributed by atoms with E-state index in [1.165, 1.54) is 0 Å². The highest BCUT2D eigenvalue weighted by molar-refractivity contribution is 5.73. The highest BCUT2D eigenvalue weighted by atomic mass is 16.2. The Bertz CT molecular complexity index is 1150. The molecule has 31 heavy (non-hydrogen) atoms. The number of carbonyl (C=O) groups excluding carboxylic acids is 1. The molecule has 5 rings (SSSR count). The van der Waals surface area contributed by atoms with Crippen molar-refractivity contribution in [2.75, 3.05) is 18.4 Å². The van der Waals surface area contributed by atoms with Crippen LogP contribution in [0.5, 0.6) is 0 Å². The lowest BCUT2D eigenvalue weighted by molar-refractivity contribution is -0.131. The molecule has 2 aliphatic heterocycles. The summed E-state index contributed by atoms with van der Waals surface area (Å²) in [6, 6.07) is 18.1. The van der Waals surface area contributed by atoms with Crippen LogP contribution in [0.1, 0.15) is 30.5 Å². The molecular weight excluding hydrogens is 388 g/mol. The first kappa shape index (κ1) is 19.5. The summed E-state index contributed by atoms with van der Waals surface area (Å²) in [6.07, 6.45) is 2.85. The quantitative estimate of drug-likeness (QED) is 0.710. The molecule has 1 saturated heterocycles. The first-order valence-electron chi connectivity index (χ1n) is 10.8. The van der Waals surface area contributed by atoms with Crippen LogP contribution in [0.4, 0.5) is 5.69 Å². The second kappa shape index (κ2) is 8.02. The van der Waals surface area contributed by atoms with Gasteiger partial charge in [0, 0.05) is 56.5 Å². The number of pyridine rings is 2. The van der Waals surface area contributed by atoms with Crippen molar-refractivity contribution < 1.29 is 4.79 Å². The Morgan fingerprint density at radius 2 is 1.90 bits per heavy atom. The zero-order valence-corrected chi connectivity index (χ0v) is 17.6. The van der Waals surface area contributed by atoms with E-state index in [-0.39, 0.29) is 17.4 Å². The molecule has 0 saturated carbocycles. The summed E-state index contributed by atoms with van der Waals surface area (Å²) in [5.74, 6) is 0.720. The normalized spacial score (nSPS) is 19.6. The Kier molecular flexibility index (Phi) is 5.06. The van der Waals surface area contributed by atoms with Crippen LogP contribution in [0, 0.1) is 5.92 Å². The number of likely N-dealkylation sites (tertiary alicyclic amines) is 1. The van der Waals surface area contributed by atoms with E-state index in [4.69, 9.17) is 0 Å². The maximum Gasteiger partial charge on any atom is 0.274 e. The van der Waals surface area contributed by atoms with Gasteiger partial charge in [-0.1, -0.05) is 30.3 Å². The van der Waals surface area contributed by atoms with Crippen LogP contribution in [0.15, 0.2) is 65.6 Å². The molecule has 0 spiro atoms. The molecule has 2 unspecified atom stereocenters. The summed E-state index contributed by atoms with van der Waals surface area (Å²) >= 11 is 0. The van der Waals surface area contributed by atoms with Gasteiger partial charge in [0.15, 0.2) is 0 Å². The minimum atomic E-state index is 0.0357. The second-order valence-electron chi connectivity index (χ2n) is 8.58. The molecule has 1 amide bonds. The van der Waals surface area contributed by atoms with Crippen molar-refractivity contribution in [1.29, 1.82) is 0 Å². The van der Waals surface area contributed by atoms with E-state index in [2.05, 4.69) is 40.6 Å². The average Bonchev–Trinajstić information content (AvgIpc) is 2.80. The van der Waals surface area contributed by atoms with Crippen LogP contribution in [0.3, 0.4) is 0 Å².